The number of aryl methyl sites for hydroxylation is 1. The molecule has 1 amide bonds. The topological polar surface area (TPSA) is 102 Å². The van der Waals surface area contributed by atoms with Crippen molar-refractivity contribution in [1.82, 2.24) is 9.62 Å². The number of esters is 1. The van der Waals surface area contributed by atoms with Gasteiger partial charge in [-0.2, -0.15) is 4.31 Å². The number of carbonyl (C=O) groups is 2. The molecule has 0 spiro atoms. The van der Waals surface area contributed by atoms with Gasteiger partial charge < -0.3 is 14.8 Å². The van der Waals surface area contributed by atoms with E-state index in [1.807, 2.05) is 24.3 Å². The van der Waals surface area contributed by atoms with Crippen LogP contribution in [0.4, 0.5) is 4.39 Å². The summed E-state index contributed by atoms with van der Waals surface area (Å²) < 4.78 is 51.2. The normalized spacial score (nSPS) is 18.9. The highest BCUT2D eigenvalue weighted by atomic mass is 32.2. The van der Waals surface area contributed by atoms with E-state index in [0.29, 0.717) is 0 Å². The number of amides is 1. The monoisotopic (exact) mass is 476 g/mol. The second kappa shape index (κ2) is 9.98. The van der Waals surface area contributed by atoms with Crippen molar-refractivity contribution in [2.45, 2.75) is 30.2 Å². The van der Waals surface area contributed by atoms with E-state index in [1.54, 1.807) is 0 Å². The first-order valence-electron chi connectivity index (χ1n) is 10.8. The fourth-order valence-corrected chi connectivity index (χ4v) is 5.54. The molecule has 2 aliphatic rings. The lowest BCUT2D eigenvalue weighted by atomic mass is 9.88. The smallest absolute Gasteiger partial charge is 0.341 e. The zero-order chi connectivity index (χ0) is 23.4. The summed E-state index contributed by atoms with van der Waals surface area (Å²) in [6.45, 7) is 0.261. The zero-order valence-corrected chi connectivity index (χ0v) is 18.8. The number of sulfonamides is 1. The first-order chi connectivity index (χ1) is 15.9. The second-order valence-corrected chi connectivity index (χ2v) is 9.88. The molecule has 2 aromatic rings. The minimum atomic E-state index is -3.91. The molecule has 2 aromatic carbocycles. The number of nitrogens with zero attached hydrogens (tertiary/aromatic N) is 1. The Hall–Kier alpha value is -2.82. The van der Waals surface area contributed by atoms with Crippen LogP contribution >= 0.6 is 0 Å². The first-order valence-corrected chi connectivity index (χ1v) is 12.2. The molecule has 1 saturated heterocycles. The predicted octanol–water partition coefficient (Wildman–Crippen LogP) is 2.20. The number of ether oxygens (including phenoxy) is 2. The van der Waals surface area contributed by atoms with Crippen molar-refractivity contribution in [2.24, 2.45) is 0 Å². The van der Waals surface area contributed by atoms with Gasteiger partial charge in [0, 0.05) is 13.1 Å². The molecule has 1 aliphatic carbocycles. The van der Waals surface area contributed by atoms with Crippen LogP contribution in [0.25, 0.3) is 0 Å². The third kappa shape index (κ3) is 5.23. The Bertz CT molecular complexity index is 1150. The molecule has 1 heterocycles. The number of halogens is 1. The van der Waals surface area contributed by atoms with E-state index in [4.69, 9.17) is 9.47 Å². The van der Waals surface area contributed by atoms with Crippen LogP contribution in [-0.2, 0) is 30.7 Å². The minimum Gasteiger partial charge on any atom is -0.452 e. The van der Waals surface area contributed by atoms with Crippen molar-refractivity contribution in [3.05, 3.63) is 65.0 Å². The Kier molecular flexibility index (Phi) is 7.06. The van der Waals surface area contributed by atoms with Crippen LogP contribution in [0, 0.1) is 5.82 Å². The molecule has 176 valence electrons. The van der Waals surface area contributed by atoms with Crippen molar-refractivity contribution in [1.29, 1.82) is 0 Å². The zero-order valence-electron chi connectivity index (χ0n) is 18.0. The molecular weight excluding hydrogens is 451 g/mol. The highest BCUT2D eigenvalue weighted by molar-refractivity contribution is 7.89. The van der Waals surface area contributed by atoms with Crippen molar-refractivity contribution in [2.75, 3.05) is 32.9 Å². The number of carbonyl (C=O) groups excluding carboxylic acids is 2. The predicted molar refractivity (Wildman–Crippen MR) is 117 cm³/mol. The summed E-state index contributed by atoms with van der Waals surface area (Å²) in [5.74, 6) is -2.55. The number of morpholine rings is 1. The van der Waals surface area contributed by atoms with E-state index in [1.165, 1.54) is 9.87 Å². The summed E-state index contributed by atoms with van der Waals surface area (Å²) in [4.78, 5) is 24.6. The fraction of sp³-hybridized carbons (Fsp3) is 0.391. The molecule has 10 heteroatoms. The number of hydrogen-bond acceptors (Lipinski definition) is 6. The van der Waals surface area contributed by atoms with Crippen LogP contribution in [-0.4, -0.2) is 57.5 Å². The van der Waals surface area contributed by atoms with Crippen LogP contribution in [0.2, 0.25) is 0 Å². The van der Waals surface area contributed by atoms with Crippen LogP contribution in [0.1, 0.15) is 40.4 Å². The Balaban J connectivity index is 1.40. The van der Waals surface area contributed by atoms with Gasteiger partial charge in [0.15, 0.2) is 6.61 Å². The number of benzene rings is 2. The maximum atomic E-state index is 14.3. The van der Waals surface area contributed by atoms with Gasteiger partial charge in [-0.25, -0.2) is 17.6 Å². The van der Waals surface area contributed by atoms with Gasteiger partial charge in [0.2, 0.25) is 10.0 Å². The maximum absolute atomic E-state index is 14.3. The molecule has 0 radical (unpaired) electrons. The third-order valence-corrected chi connectivity index (χ3v) is 7.70. The van der Waals surface area contributed by atoms with E-state index < -0.39 is 39.9 Å². The van der Waals surface area contributed by atoms with Gasteiger partial charge in [-0.05, 0) is 48.6 Å². The molecule has 1 aliphatic heterocycles. The van der Waals surface area contributed by atoms with E-state index in [9.17, 15) is 22.4 Å². The quantitative estimate of drug-likeness (QED) is 0.642. The highest BCUT2D eigenvalue weighted by Crippen LogP contribution is 2.29. The van der Waals surface area contributed by atoms with E-state index in [-0.39, 0.29) is 37.2 Å². The van der Waals surface area contributed by atoms with E-state index >= 15 is 0 Å². The molecule has 0 bridgehead atoms. The molecule has 1 fully saturated rings. The van der Waals surface area contributed by atoms with Crippen molar-refractivity contribution >= 4 is 21.9 Å². The molecular formula is C23H25FN2O6S. The van der Waals surface area contributed by atoms with Crippen molar-refractivity contribution < 1.29 is 31.9 Å². The molecule has 4 rings (SSSR count). The van der Waals surface area contributed by atoms with Gasteiger partial charge in [-0.1, -0.05) is 24.3 Å². The molecule has 1 unspecified atom stereocenters. The van der Waals surface area contributed by atoms with Crippen LogP contribution < -0.4 is 5.32 Å². The van der Waals surface area contributed by atoms with Gasteiger partial charge >= 0.3 is 5.97 Å². The van der Waals surface area contributed by atoms with Crippen LogP contribution in [0.5, 0.6) is 0 Å². The number of nitrogens with one attached hydrogen (secondary N) is 1. The van der Waals surface area contributed by atoms with Gasteiger partial charge in [0.1, 0.15) is 5.82 Å². The lowest BCUT2D eigenvalue weighted by molar-refractivity contribution is -0.125. The molecule has 1 N–H and O–H groups in total. The molecule has 1 atom stereocenters. The molecule has 0 aromatic heterocycles. The van der Waals surface area contributed by atoms with Crippen LogP contribution in [0.15, 0.2) is 47.4 Å². The summed E-state index contributed by atoms with van der Waals surface area (Å²) in [5.41, 5.74) is 1.67. The van der Waals surface area contributed by atoms with E-state index in [2.05, 4.69) is 5.32 Å². The maximum Gasteiger partial charge on any atom is 0.341 e. The van der Waals surface area contributed by atoms with Gasteiger partial charge in [-0.15, -0.1) is 0 Å². The number of hydrogen-bond donors (Lipinski definition) is 1. The average Bonchev–Trinajstić information content (AvgIpc) is 2.83. The van der Waals surface area contributed by atoms with E-state index in [0.717, 1.165) is 43.0 Å². The first kappa shape index (κ1) is 23.3. The largest absolute Gasteiger partial charge is 0.452 e. The highest BCUT2D eigenvalue weighted by Gasteiger charge is 2.28. The average molecular weight is 477 g/mol. The lowest BCUT2D eigenvalue weighted by Crippen LogP contribution is -2.40. The Labute approximate surface area is 191 Å². The summed E-state index contributed by atoms with van der Waals surface area (Å²) >= 11 is 0. The van der Waals surface area contributed by atoms with Gasteiger partial charge in [-0.3, -0.25) is 4.79 Å². The molecule has 0 saturated carbocycles. The van der Waals surface area contributed by atoms with Gasteiger partial charge in [0.05, 0.1) is 29.7 Å². The lowest BCUT2D eigenvalue weighted by Gasteiger charge is -2.26. The standard InChI is InChI=1S/C23H25FN2O6S/c24-20-9-8-17(33(29,30)26-10-12-31-13-11-26)14-19(20)23(28)32-15-22(27)25-21-7-3-5-16-4-1-2-6-18(16)21/h1-2,4,6,8-9,14,21H,3,5,7,10-13,15H2,(H,25,27). The Morgan fingerprint density at radius 2 is 1.91 bits per heavy atom. The Morgan fingerprint density at radius 1 is 1.15 bits per heavy atom. The molecule has 33 heavy (non-hydrogen) atoms. The van der Waals surface area contributed by atoms with Crippen molar-refractivity contribution in [3.63, 3.8) is 0 Å². The SMILES string of the molecule is O=C(COC(=O)c1cc(S(=O)(=O)N2CCOCC2)ccc1F)NC1CCCc2ccccc21. The third-order valence-electron chi connectivity index (χ3n) is 5.80. The summed E-state index contributed by atoms with van der Waals surface area (Å²) in [6.07, 6.45) is 2.64. The minimum absolute atomic E-state index is 0.171. The second-order valence-electron chi connectivity index (χ2n) is 7.95. The molecule has 8 nitrogen and oxygen atoms in total. The summed E-state index contributed by atoms with van der Waals surface area (Å²) in [7, 11) is -3.91. The number of fused-ring (bicyclic) bond motifs is 1. The van der Waals surface area contributed by atoms with Gasteiger partial charge in [0.25, 0.3) is 5.91 Å². The summed E-state index contributed by atoms with van der Waals surface area (Å²) in [5, 5.41) is 2.85. The number of rotatable bonds is 6. The van der Waals surface area contributed by atoms with Crippen molar-refractivity contribution in [3.8, 4) is 0 Å². The fourth-order valence-electron chi connectivity index (χ4n) is 4.11. The van der Waals surface area contributed by atoms with Crippen LogP contribution in [0.3, 0.4) is 0 Å². The summed E-state index contributed by atoms with van der Waals surface area (Å²) in [6, 6.07) is 10.6. The Morgan fingerprint density at radius 3 is 2.70 bits per heavy atom.